The van der Waals surface area contributed by atoms with Crippen LogP contribution in [0.25, 0.3) is 0 Å². The second-order valence-electron chi connectivity index (χ2n) is 3.11. The van der Waals surface area contributed by atoms with Crippen LogP contribution in [0.4, 0.5) is 0 Å². The Morgan fingerprint density at radius 3 is 1.40 bits per heavy atom. The van der Waals surface area contributed by atoms with Crippen molar-refractivity contribution in [3.63, 3.8) is 0 Å². The summed E-state index contributed by atoms with van der Waals surface area (Å²) in [6.45, 7) is 2.99. The maximum atomic E-state index is 10.1. The fraction of sp³-hybridized carbons (Fsp3) is 0.333. The lowest BCUT2D eigenvalue weighted by molar-refractivity contribution is -0.822. The maximum Gasteiger partial charge on any atom is 0.362 e. The molecule has 0 heterocycles. The molecule has 0 bridgehead atoms. The lowest BCUT2D eigenvalue weighted by Crippen LogP contribution is -2.37. The van der Waals surface area contributed by atoms with Crippen LogP contribution >= 0.6 is 0 Å². The second-order valence-corrected chi connectivity index (χ2v) is 3.11. The largest absolute Gasteiger partial charge is 0.364 e. The van der Waals surface area contributed by atoms with Crippen LogP contribution in [0, 0.1) is 9.81 Å². The molecule has 0 unspecified atom stereocenters. The van der Waals surface area contributed by atoms with E-state index in [1.165, 1.54) is 13.8 Å². The summed E-state index contributed by atoms with van der Waals surface area (Å²) in [6, 6.07) is 0. The van der Waals surface area contributed by atoms with Gasteiger partial charge in [-0.25, -0.2) is 10.4 Å². The summed E-state index contributed by atoms with van der Waals surface area (Å²) in [6.07, 6.45) is 0. The lowest BCUT2D eigenvalue weighted by Gasteiger charge is -1.95. The summed E-state index contributed by atoms with van der Waals surface area (Å²) in [7, 11) is 0. The van der Waals surface area contributed by atoms with Gasteiger partial charge in [0.1, 0.15) is 9.81 Å². The third-order valence-corrected chi connectivity index (χ3v) is 1.56. The number of nitrogens with one attached hydrogen (secondary N) is 2. The van der Waals surface area contributed by atoms with Crippen molar-refractivity contribution >= 4 is 23.3 Å². The predicted octanol–water partition coefficient (Wildman–Crippen LogP) is -2.29. The minimum Gasteiger partial charge on any atom is -0.364 e. The molecule has 0 rings (SSSR count). The summed E-state index contributed by atoms with van der Waals surface area (Å²) in [5, 5.41) is 29.1. The van der Waals surface area contributed by atoms with Crippen LogP contribution in [0.2, 0.25) is 0 Å². The van der Waals surface area contributed by atoms with Crippen LogP contribution in [-0.4, -0.2) is 43.8 Å². The first-order valence-electron chi connectivity index (χ1n) is 4.83. The SMILES string of the molecule is CC(=N\N=C(/N)N[N+](=O)O)/C(C)=N/N=C(\N)N[N+](=O)O. The molecular weight excluding hydrogens is 276 g/mol. The monoisotopic (exact) mass is 290 g/mol. The zero-order valence-electron chi connectivity index (χ0n) is 10.5. The van der Waals surface area contributed by atoms with Crippen LogP contribution < -0.4 is 22.3 Å². The molecule has 8 N–H and O–H groups in total. The van der Waals surface area contributed by atoms with Gasteiger partial charge in [-0.05, 0) is 24.7 Å². The third-order valence-electron chi connectivity index (χ3n) is 1.56. The summed E-state index contributed by atoms with van der Waals surface area (Å²) in [5.41, 5.74) is 14.2. The Morgan fingerprint density at radius 1 is 0.850 bits per heavy atom. The van der Waals surface area contributed by atoms with Gasteiger partial charge in [0, 0.05) is 0 Å². The zero-order valence-corrected chi connectivity index (χ0v) is 10.5. The van der Waals surface area contributed by atoms with E-state index in [1.54, 1.807) is 10.9 Å². The Labute approximate surface area is 111 Å². The van der Waals surface area contributed by atoms with Crippen molar-refractivity contribution in [2.45, 2.75) is 13.8 Å². The molecule has 14 heteroatoms. The van der Waals surface area contributed by atoms with E-state index >= 15 is 0 Å². The highest BCUT2D eigenvalue weighted by atomic mass is 16.7. The highest BCUT2D eigenvalue weighted by Gasteiger charge is 2.06. The van der Waals surface area contributed by atoms with E-state index in [2.05, 4.69) is 20.4 Å². The van der Waals surface area contributed by atoms with E-state index in [0.717, 1.165) is 0 Å². The summed E-state index contributed by atoms with van der Waals surface area (Å²) >= 11 is 0. The molecule has 0 radical (unpaired) electrons. The van der Waals surface area contributed by atoms with Gasteiger partial charge in [0.05, 0.1) is 11.4 Å². The average molecular weight is 290 g/mol. The van der Waals surface area contributed by atoms with Gasteiger partial charge in [-0.3, -0.25) is 0 Å². The highest BCUT2D eigenvalue weighted by molar-refractivity contribution is 6.40. The van der Waals surface area contributed by atoms with Crippen LogP contribution in [-0.2, 0) is 0 Å². The van der Waals surface area contributed by atoms with Gasteiger partial charge in [0.2, 0.25) is 0 Å². The van der Waals surface area contributed by atoms with Gasteiger partial charge in [-0.15, -0.1) is 10.2 Å². The Bertz CT molecular complexity index is 460. The lowest BCUT2D eigenvalue weighted by atomic mass is 10.3. The predicted molar refractivity (Wildman–Crippen MR) is 66.6 cm³/mol. The summed E-state index contributed by atoms with van der Waals surface area (Å²) < 4.78 is 0. The van der Waals surface area contributed by atoms with Gasteiger partial charge in [-0.1, -0.05) is 0 Å². The molecule has 0 spiro atoms. The maximum absolute atomic E-state index is 10.1. The number of nitrogens with two attached hydrogens (primary N) is 2. The molecule has 0 aliphatic heterocycles. The van der Waals surface area contributed by atoms with E-state index in [9.17, 15) is 9.81 Å². The van der Waals surface area contributed by atoms with Crippen molar-refractivity contribution in [3.05, 3.63) is 9.81 Å². The Hall–Kier alpha value is -3.32. The van der Waals surface area contributed by atoms with Gasteiger partial charge < -0.3 is 11.5 Å². The highest BCUT2D eigenvalue weighted by Crippen LogP contribution is 1.87. The van der Waals surface area contributed by atoms with Gasteiger partial charge in [0.25, 0.3) is 11.9 Å². The van der Waals surface area contributed by atoms with Crippen molar-refractivity contribution in [3.8, 4) is 0 Å². The molecule has 0 amide bonds. The molecule has 0 fully saturated rings. The van der Waals surface area contributed by atoms with Gasteiger partial charge in [0.15, 0.2) is 0 Å². The number of hydrogen-bond acceptors (Lipinski definition) is 6. The molecule has 14 nitrogen and oxygen atoms in total. The molecule has 20 heavy (non-hydrogen) atoms. The van der Waals surface area contributed by atoms with Crippen LogP contribution in [0.5, 0.6) is 0 Å². The first-order chi connectivity index (χ1) is 9.22. The molecular formula is C6H14N10O4+2. The van der Waals surface area contributed by atoms with Gasteiger partial charge in [-0.2, -0.15) is 10.2 Å². The van der Waals surface area contributed by atoms with Crippen molar-refractivity contribution in [1.29, 1.82) is 0 Å². The molecule has 110 valence electrons. The molecule has 0 aromatic rings. The molecule has 0 aliphatic carbocycles. The topological polar surface area (TPSA) is 206 Å². The first-order valence-corrected chi connectivity index (χ1v) is 4.83. The standard InChI is InChI=1S/C6H14N10O4/c1-3(9-11-5(7)13-15(17)18)4(2)10-12-6(8)14-16(19)20/h1-2H3,(H,17,18)(H,19,20)(H3,7,11,13)(H3,8,12,14)/q+2/b9-3+,10-4+. The van der Waals surface area contributed by atoms with E-state index in [1.807, 2.05) is 0 Å². The second kappa shape index (κ2) is 7.90. The summed E-state index contributed by atoms with van der Waals surface area (Å²) in [5.74, 6) is -0.914. The Kier molecular flexibility index (Phi) is 6.59. The van der Waals surface area contributed by atoms with E-state index in [-0.39, 0.29) is 11.4 Å². The molecule has 0 aromatic carbocycles. The van der Waals surface area contributed by atoms with Crippen molar-refractivity contribution in [1.82, 2.24) is 10.9 Å². The normalized spacial score (nSPS) is 13.9. The summed E-state index contributed by atoms with van der Waals surface area (Å²) in [4.78, 5) is 20.3. The quantitative estimate of drug-likeness (QED) is 0.184. The minimum absolute atomic E-state index is 0.254. The molecule has 0 aromatic heterocycles. The molecule has 0 atom stereocenters. The third kappa shape index (κ3) is 7.87. The number of hydrazine groups is 2. The fourth-order valence-electron chi connectivity index (χ4n) is 0.643. The zero-order chi connectivity index (χ0) is 15.7. The molecule has 0 saturated heterocycles. The van der Waals surface area contributed by atoms with Crippen LogP contribution in [0.15, 0.2) is 20.4 Å². The van der Waals surface area contributed by atoms with Gasteiger partial charge >= 0.3 is 10.1 Å². The first kappa shape index (κ1) is 16.7. The van der Waals surface area contributed by atoms with E-state index in [0.29, 0.717) is 0 Å². The number of hydrogen-bond donors (Lipinski definition) is 6. The fourth-order valence-corrected chi connectivity index (χ4v) is 0.643. The number of guanidine groups is 2. The van der Waals surface area contributed by atoms with Crippen LogP contribution in [0.3, 0.4) is 0 Å². The Balaban J connectivity index is 4.80. The van der Waals surface area contributed by atoms with Crippen molar-refractivity contribution in [2.24, 2.45) is 31.9 Å². The Morgan fingerprint density at radius 2 is 1.15 bits per heavy atom. The van der Waals surface area contributed by atoms with E-state index < -0.39 is 22.0 Å². The van der Waals surface area contributed by atoms with Crippen molar-refractivity contribution in [2.75, 3.05) is 0 Å². The smallest absolute Gasteiger partial charge is 0.362 e. The molecule has 0 saturated carbocycles. The number of nitrogens with zero attached hydrogens (tertiary/aromatic N) is 6. The average Bonchev–Trinajstić information content (AvgIpc) is 2.31. The number of rotatable bonds is 5. The van der Waals surface area contributed by atoms with E-state index in [4.69, 9.17) is 21.9 Å². The van der Waals surface area contributed by atoms with Crippen molar-refractivity contribution < 1.29 is 20.5 Å². The van der Waals surface area contributed by atoms with Crippen LogP contribution in [0.1, 0.15) is 13.8 Å². The molecule has 0 aliphatic rings. The minimum atomic E-state index is -0.648.